The summed E-state index contributed by atoms with van der Waals surface area (Å²) in [4.78, 5) is 25.0. The van der Waals surface area contributed by atoms with Crippen molar-refractivity contribution in [2.24, 2.45) is 0 Å². The fraction of sp³-hybridized carbons (Fsp3) is 0.174. The smallest absolute Gasteiger partial charge is 0.306 e. The summed E-state index contributed by atoms with van der Waals surface area (Å²) < 4.78 is 24.9. The highest BCUT2D eigenvalue weighted by molar-refractivity contribution is 5.94. The first-order chi connectivity index (χ1) is 15.9. The number of carbonyl (C=O) groups excluding carboxylic acids is 1. The normalized spacial score (nSPS) is 14.5. The topological polar surface area (TPSA) is 123 Å². The van der Waals surface area contributed by atoms with E-state index in [2.05, 4.69) is 10.4 Å². The monoisotopic (exact) mass is 453 g/mol. The van der Waals surface area contributed by atoms with Crippen molar-refractivity contribution in [2.45, 2.75) is 18.4 Å². The first-order valence-electron chi connectivity index (χ1n) is 9.94. The van der Waals surface area contributed by atoms with Crippen molar-refractivity contribution in [2.75, 3.05) is 6.79 Å². The molecule has 0 bridgehead atoms. The van der Waals surface area contributed by atoms with Crippen LogP contribution in [0.15, 0.2) is 72.7 Å². The van der Waals surface area contributed by atoms with Crippen LogP contribution in [-0.4, -0.2) is 44.2 Å². The van der Waals surface area contributed by atoms with Gasteiger partial charge in [0.25, 0.3) is 5.91 Å². The summed E-state index contributed by atoms with van der Waals surface area (Å²) in [5.74, 6) is -2.56. The maximum atomic E-state index is 13.2. The van der Waals surface area contributed by atoms with E-state index in [0.29, 0.717) is 5.69 Å². The van der Waals surface area contributed by atoms with Gasteiger partial charge in [0.05, 0.1) is 12.1 Å². The molecule has 170 valence electrons. The van der Waals surface area contributed by atoms with E-state index in [4.69, 9.17) is 9.47 Å². The van der Waals surface area contributed by atoms with Gasteiger partial charge >= 0.3 is 5.97 Å². The molecule has 1 aliphatic heterocycles. The van der Waals surface area contributed by atoms with Crippen molar-refractivity contribution < 1.29 is 33.7 Å². The van der Waals surface area contributed by atoms with E-state index in [1.165, 1.54) is 30.5 Å². The number of nitrogens with zero attached hydrogens (tertiary/aromatic N) is 2. The van der Waals surface area contributed by atoms with E-state index in [9.17, 15) is 24.2 Å². The van der Waals surface area contributed by atoms with Crippen molar-refractivity contribution in [3.8, 4) is 11.6 Å². The van der Waals surface area contributed by atoms with Gasteiger partial charge in [-0.2, -0.15) is 5.10 Å². The Labute approximate surface area is 187 Å². The van der Waals surface area contributed by atoms with Crippen LogP contribution in [0.2, 0.25) is 0 Å². The predicted molar refractivity (Wildman–Crippen MR) is 113 cm³/mol. The van der Waals surface area contributed by atoms with E-state index >= 15 is 0 Å². The van der Waals surface area contributed by atoms with Crippen LogP contribution in [0.3, 0.4) is 0 Å². The van der Waals surface area contributed by atoms with Crippen LogP contribution in [0, 0.1) is 5.82 Å². The zero-order valence-corrected chi connectivity index (χ0v) is 17.3. The van der Waals surface area contributed by atoms with Gasteiger partial charge < -0.3 is 25.0 Å². The molecule has 1 amide bonds. The van der Waals surface area contributed by atoms with E-state index in [-0.39, 0.29) is 30.5 Å². The van der Waals surface area contributed by atoms with Crippen LogP contribution >= 0.6 is 0 Å². The van der Waals surface area contributed by atoms with Gasteiger partial charge in [0, 0.05) is 12.5 Å². The lowest BCUT2D eigenvalue weighted by molar-refractivity contribution is -0.138. The van der Waals surface area contributed by atoms with Crippen LogP contribution in [0.4, 0.5) is 4.39 Å². The number of aliphatic carboxylic acids is 1. The van der Waals surface area contributed by atoms with Gasteiger partial charge in [-0.15, -0.1) is 0 Å². The molecule has 3 aromatic rings. The minimum atomic E-state index is -1.48. The first-order valence-corrected chi connectivity index (χ1v) is 9.94. The average Bonchev–Trinajstić information content (AvgIpc) is 3.45. The third-order valence-corrected chi connectivity index (χ3v) is 5.09. The van der Waals surface area contributed by atoms with Crippen molar-refractivity contribution in [1.29, 1.82) is 0 Å². The number of carboxylic acid groups (broad SMARTS) is 1. The molecule has 0 saturated carbocycles. The minimum absolute atomic E-state index is 0.103. The summed E-state index contributed by atoms with van der Waals surface area (Å²) in [7, 11) is 0. The molecular weight excluding hydrogens is 433 g/mol. The number of hydrogen-bond acceptors (Lipinski definition) is 6. The van der Waals surface area contributed by atoms with Gasteiger partial charge in [0.2, 0.25) is 12.7 Å². The number of aromatic nitrogens is 2. The van der Waals surface area contributed by atoms with Gasteiger partial charge in [-0.3, -0.25) is 9.59 Å². The second-order valence-electron chi connectivity index (χ2n) is 7.46. The number of carboxylic acids is 1. The largest absolute Gasteiger partial charge is 0.493 e. The summed E-state index contributed by atoms with van der Waals surface area (Å²) in [6, 6.07) is 15.3. The predicted octanol–water partition coefficient (Wildman–Crippen LogP) is 2.75. The van der Waals surface area contributed by atoms with Gasteiger partial charge in [-0.1, -0.05) is 30.3 Å². The summed E-state index contributed by atoms with van der Waals surface area (Å²) in [6.07, 6.45) is 0.889. The van der Waals surface area contributed by atoms with Crippen LogP contribution in [-0.2, 0) is 20.7 Å². The van der Waals surface area contributed by atoms with Crippen LogP contribution < -0.4 is 5.32 Å². The summed E-state index contributed by atoms with van der Waals surface area (Å²) in [5.41, 5.74) is -0.547. The number of amides is 1. The quantitative estimate of drug-likeness (QED) is 0.479. The number of nitrogens with one attached hydrogen (secondary N) is 1. The fourth-order valence-corrected chi connectivity index (χ4v) is 3.62. The lowest BCUT2D eigenvalue weighted by atomic mass is 9.85. The maximum Gasteiger partial charge on any atom is 0.306 e. The summed E-state index contributed by atoms with van der Waals surface area (Å²) in [6.45, 7) is -0.110. The Morgan fingerprint density at radius 1 is 1.15 bits per heavy atom. The van der Waals surface area contributed by atoms with Crippen molar-refractivity contribution >= 4 is 11.9 Å². The molecule has 9 nitrogen and oxygen atoms in total. The Morgan fingerprint density at radius 2 is 1.88 bits per heavy atom. The first kappa shape index (κ1) is 21.9. The zero-order chi connectivity index (χ0) is 23.4. The highest BCUT2D eigenvalue weighted by Gasteiger charge is 2.43. The SMILES string of the molecule is O=C(O)CC(Cc1ccccc1)(NC(=O)c1cc(O)n(-c2ccc(F)cc2)n1)C1=COCO1. The molecule has 1 unspecified atom stereocenters. The van der Waals surface area contributed by atoms with E-state index in [0.717, 1.165) is 16.3 Å². The molecule has 1 aromatic heterocycles. The van der Waals surface area contributed by atoms with Gasteiger partial charge in [0.15, 0.2) is 11.5 Å². The fourth-order valence-electron chi connectivity index (χ4n) is 3.62. The Hall–Kier alpha value is -4.34. The second-order valence-corrected chi connectivity index (χ2v) is 7.46. The highest BCUT2D eigenvalue weighted by Crippen LogP contribution is 2.31. The number of carbonyl (C=O) groups is 2. The Balaban J connectivity index is 1.68. The van der Waals surface area contributed by atoms with Crippen LogP contribution in [0.25, 0.3) is 5.69 Å². The second kappa shape index (κ2) is 9.03. The van der Waals surface area contributed by atoms with E-state index in [1.807, 2.05) is 6.07 Å². The lowest BCUT2D eigenvalue weighted by Crippen LogP contribution is -2.53. The molecule has 0 saturated heterocycles. The van der Waals surface area contributed by atoms with Gasteiger partial charge in [0.1, 0.15) is 17.6 Å². The molecule has 2 heterocycles. The number of rotatable bonds is 8. The molecule has 1 atom stereocenters. The molecule has 33 heavy (non-hydrogen) atoms. The number of benzene rings is 2. The Kier molecular flexibility index (Phi) is 5.99. The number of halogens is 1. The molecule has 4 rings (SSSR count). The molecular formula is C23H20FN3O6. The Morgan fingerprint density at radius 3 is 2.52 bits per heavy atom. The van der Waals surface area contributed by atoms with Crippen LogP contribution in [0.5, 0.6) is 5.88 Å². The molecule has 10 heteroatoms. The standard InChI is InChI=1S/C23H20FN3O6/c24-16-6-8-17(9-7-16)27-20(28)10-18(26-27)22(31)25-23(12-21(29)30,19-13-32-14-33-19)11-15-4-2-1-3-5-15/h1-10,13,28H,11-12,14H2,(H,25,31)(H,29,30). The average molecular weight is 453 g/mol. The van der Waals surface area contributed by atoms with Gasteiger partial charge in [-0.05, 0) is 29.8 Å². The molecule has 0 radical (unpaired) electrons. The van der Waals surface area contributed by atoms with Crippen LogP contribution in [0.1, 0.15) is 22.5 Å². The number of ether oxygens (including phenoxy) is 2. The summed E-state index contributed by atoms with van der Waals surface area (Å²) >= 11 is 0. The van der Waals surface area contributed by atoms with E-state index in [1.54, 1.807) is 24.3 Å². The number of aromatic hydroxyl groups is 1. The van der Waals surface area contributed by atoms with Crippen molar-refractivity contribution in [3.63, 3.8) is 0 Å². The van der Waals surface area contributed by atoms with Crippen molar-refractivity contribution in [1.82, 2.24) is 15.1 Å². The van der Waals surface area contributed by atoms with Gasteiger partial charge in [-0.25, -0.2) is 9.07 Å². The molecule has 0 spiro atoms. The maximum absolute atomic E-state index is 13.2. The molecule has 2 aromatic carbocycles. The third-order valence-electron chi connectivity index (χ3n) is 5.09. The zero-order valence-electron chi connectivity index (χ0n) is 17.3. The summed E-state index contributed by atoms with van der Waals surface area (Å²) in [5, 5.41) is 26.7. The molecule has 0 aliphatic carbocycles. The minimum Gasteiger partial charge on any atom is -0.493 e. The molecule has 3 N–H and O–H groups in total. The highest BCUT2D eigenvalue weighted by atomic mass is 19.1. The van der Waals surface area contributed by atoms with Crippen molar-refractivity contribution in [3.05, 3.63) is 89.8 Å². The lowest BCUT2D eigenvalue weighted by Gasteiger charge is -2.33. The molecule has 1 aliphatic rings. The molecule has 0 fully saturated rings. The van der Waals surface area contributed by atoms with E-state index < -0.39 is 29.7 Å². The third kappa shape index (κ3) is 4.79. The Bertz CT molecular complexity index is 1190. The number of hydrogen-bond donors (Lipinski definition) is 3.